The summed E-state index contributed by atoms with van der Waals surface area (Å²) in [7, 11) is 4.52. The van der Waals surface area contributed by atoms with E-state index in [2.05, 4.69) is 27.9 Å². The van der Waals surface area contributed by atoms with Gasteiger partial charge in [-0.2, -0.15) is 0 Å². The van der Waals surface area contributed by atoms with Crippen molar-refractivity contribution in [3.63, 3.8) is 0 Å². The Bertz CT molecular complexity index is 189. The van der Waals surface area contributed by atoms with Crippen LogP contribution in [0.4, 0.5) is 0 Å². The number of rotatable bonds is 10. The normalized spacial score (nSPS) is 11.9. The summed E-state index contributed by atoms with van der Waals surface area (Å²) in [6.07, 6.45) is 12.9. The Balaban J connectivity index is 0. The minimum atomic E-state index is -1.08. The van der Waals surface area contributed by atoms with E-state index in [0.29, 0.717) is 0 Å². The number of quaternary nitrogens is 1. The van der Waals surface area contributed by atoms with Crippen LogP contribution in [0.2, 0.25) is 0 Å². The first-order chi connectivity index (χ1) is 8.91. The summed E-state index contributed by atoms with van der Waals surface area (Å²) in [5, 5.41) is 8.89. The molecule has 0 amide bonds. The van der Waals surface area contributed by atoms with Crippen molar-refractivity contribution in [3.8, 4) is 0 Å². The molecule has 19 heavy (non-hydrogen) atoms. The first-order valence-corrected chi connectivity index (χ1v) is 7.89. The van der Waals surface area contributed by atoms with Crippen LogP contribution in [0.3, 0.4) is 0 Å². The Morgan fingerprint density at radius 1 is 1.00 bits per heavy atom. The maximum absolute atomic E-state index is 8.89. The molecule has 0 saturated carbocycles. The third kappa shape index (κ3) is 23.0. The van der Waals surface area contributed by atoms with Gasteiger partial charge in [-0.3, -0.25) is 0 Å². The Morgan fingerprint density at radius 2 is 1.37 bits per heavy atom. The van der Waals surface area contributed by atoms with Gasteiger partial charge in [0.15, 0.2) is 0 Å². The van der Waals surface area contributed by atoms with Gasteiger partial charge in [0.05, 0.1) is 20.1 Å². The van der Waals surface area contributed by atoms with E-state index >= 15 is 0 Å². The highest BCUT2D eigenvalue weighted by Gasteiger charge is 2.06. The van der Waals surface area contributed by atoms with E-state index in [4.69, 9.17) is 9.90 Å². The summed E-state index contributed by atoms with van der Waals surface area (Å²) in [5.41, 5.74) is 0. The molecule has 0 aromatic heterocycles. The van der Waals surface area contributed by atoms with E-state index in [1.54, 1.807) is 4.90 Å². The maximum atomic E-state index is 8.89. The molecular weight excluding hydrogens is 238 g/mol. The second-order valence-corrected chi connectivity index (χ2v) is 5.73. The second-order valence-electron chi connectivity index (χ2n) is 5.73. The molecule has 0 rings (SSSR count). The molecule has 1 N–H and O–H groups in total. The second kappa shape index (κ2) is 15.5. The fourth-order valence-corrected chi connectivity index (χ4v) is 1.87. The molecule has 0 radical (unpaired) electrons. The predicted octanol–water partition coefficient (Wildman–Crippen LogP) is 1.81. The summed E-state index contributed by atoms with van der Waals surface area (Å²) in [4.78, 5) is 10.5. The van der Waals surface area contributed by atoms with Crippen LogP contribution in [-0.4, -0.2) is 26.1 Å². The van der Waals surface area contributed by atoms with Crippen molar-refractivity contribution in [2.24, 2.45) is 0 Å². The highest BCUT2D eigenvalue weighted by Crippen LogP contribution is 2.09. The number of carboxylic acids is 1. The molecule has 0 spiro atoms. The Labute approximate surface area is 120 Å². The number of carbonyl (C=O) groups is 1. The first-order valence-electron chi connectivity index (χ1n) is 7.89. The van der Waals surface area contributed by atoms with Crippen LogP contribution in [0, 0.1) is 0 Å². The van der Waals surface area contributed by atoms with E-state index in [0.717, 1.165) is 13.0 Å². The van der Waals surface area contributed by atoms with E-state index < -0.39 is 5.97 Å². The summed E-state index contributed by atoms with van der Waals surface area (Å²) in [5.74, 6) is -1.08. The SMILES string of the molecule is CC(=O)[O-].CCCCCCCCCCC(C)[NH+](C)C. The molecule has 3 nitrogen and oxygen atoms in total. The summed E-state index contributed by atoms with van der Waals surface area (Å²) < 4.78 is 0. The number of nitrogens with one attached hydrogen (secondary N) is 1. The van der Waals surface area contributed by atoms with Gasteiger partial charge in [0.2, 0.25) is 0 Å². The molecule has 0 bridgehead atoms. The smallest absolute Gasteiger partial charge is 0.0842 e. The van der Waals surface area contributed by atoms with Gasteiger partial charge in [-0.25, -0.2) is 0 Å². The fourth-order valence-electron chi connectivity index (χ4n) is 1.87. The highest BCUT2D eigenvalue weighted by molar-refractivity contribution is 5.60. The van der Waals surface area contributed by atoms with Gasteiger partial charge in [-0.1, -0.05) is 51.9 Å². The van der Waals surface area contributed by atoms with Crippen molar-refractivity contribution in [3.05, 3.63) is 0 Å². The van der Waals surface area contributed by atoms with Crippen molar-refractivity contribution in [2.45, 2.75) is 84.6 Å². The molecule has 116 valence electrons. The van der Waals surface area contributed by atoms with Crippen LogP contribution in [0.1, 0.15) is 78.6 Å². The Morgan fingerprint density at radius 3 is 1.74 bits per heavy atom. The number of aliphatic carboxylic acids is 1. The van der Waals surface area contributed by atoms with Gasteiger partial charge in [0, 0.05) is 5.97 Å². The van der Waals surface area contributed by atoms with Crippen LogP contribution in [-0.2, 0) is 4.79 Å². The summed E-state index contributed by atoms with van der Waals surface area (Å²) in [6, 6.07) is 0.838. The van der Waals surface area contributed by atoms with Gasteiger partial charge < -0.3 is 14.8 Å². The van der Waals surface area contributed by atoms with E-state index in [-0.39, 0.29) is 0 Å². The fraction of sp³-hybridized carbons (Fsp3) is 0.938. The van der Waals surface area contributed by atoms with Crippen LogP contribution in [0.5, 0.6) is 0 Å². The zero-order chi connectivity index (χ0) is 15.1. The number of carbonyl (C=O) groups excluding carboxylic acids is 1. The molecule has 0 aliphatic rings. The minimum absolute atomic E-state index is 0.838. The van der Waals surface area contributed by atoms with Gasteiger partial charge in [-0.05, 0) is 26.7 Å². The molecule has 1 atom stereocenters. The minimum Gasteiger partial charge on any atom is -0.550 e. The lowest BCUT2D eigenvalue weighted by atomic mass is 10.1. The van der Waals surface area contributed by atoms with Gasteiger partial charge in [0.1, 0.15) is 0 Å². The quantitative estimate of drug-likeness (QED) is 0.617. The van der Waals surface area contributed by atoms with Gasteiger partial charge in [0.25, 0.3) is 0 Å². The third-order valence-corrected chi connectivity index (χ3v) is 3.48. The van der Waals surface area contributed by atoms with Crippen LogP contribution < -0.4 is 10.0 Å². The van der Waals surface area contributed by atoms with Gasteiger partial charge >= 0.3 is 0 Å². The topological polar surface area (TPSA) is 44.6 Å². The molecule has 0 heterocycles. The van der Waals surface area contributed by atoms with Crippen LogP contribution in [0.15, 0.2) is 0 Å². The van der Waals surface area contributed by atoms with E-state index in [9.17, 15) is 0 Å². The van der Waals surface area contributed by atoms with Crippen LogP contribution in [0.25, 0.3) is 0 Å². The van der Waals surface area contributed by atoms with Crippen molar-refractivity contribution < 1.29 is 14.8 Å². The maximum Gasteiger partial charge on any atom is 0.0842 e. The average Bonchev–Trinajstić information content (AvgIpc) is 2.31. The third-order valence-electron chi connectivity index (χ3n) is 3.48. The Kier molecular flexibility index (Phi) is 16.9. The lowest BCUT2D eigenvalue weighted by molar-refractivity contribution is -0.883. The number of hydrogen-bond acceptors (Lipinski definition) is 2. The van der Waals surface area contributed by atoms with Crippen molar-refractivity contribution >= 4 is 5.97 Å². The molecule has 0 aromatic carbocycles. The predicted molar refractivity (Wildman–Crippen MR) is 80.2 cm³/mol. The van der Waals surface area contributed by atoms with E-state index in [1.165, 1.54) is 57.8 Å². The monoisotopic (exact) mass is 273 g/mol. The lowest BCUT2D eigenvalue weighted by Crippen LogP contribution is -3.09. The highest BCUT2D eigenvalue weighted by atomic mass is 16.4. The molecule has 0 aromatic rings. The molecule has 3 heteroatoms. The summed E-state index contributed by atoms with van der Waals surface area (Å²) in [6.45, 7) is 5.61. The molecule has 0 saturated heterocycles. The van der Waals surface area contributed by atoms with Crippen molar-refractivity contribution in [1.82, 2.24) is 0 Å². The molecule has 0 aliphatic heterocycles. The average molecular weight is 273 g/mol. The molecule has 0 aliphatic carbocycles. The van der Waals surface area contributed by atoms with Crippen molar-refractivity contribution in [1.29, 1.82) is 0 Å². The zero-order valence-electron chi connectivity index (χ0n) is 13.8. The molecule has 0 fully saturated rings. The van der Waals surface area contributed by atoms with Crippen molar-refractivity contribution in [2.75, 3.05) is 14.1 Å². The largest absolute Gasteiger partial charge is 0.550 e. The number of hydrogen-bond donors (Lipinski definition) is 1. The standard InChI is InChI=1S/C14H31N.C2H4O2/c1-5-6-7-8-9-10-11-12-13-14(2)15(3)4;1-2(3)4/h14H,5-13H2,1-4H3;1H3,(H,3,4). The van der Waals surface area contributed by atoms with E-state index in [1.807, 2.05) is 0 Å². The number of carboxylic acid groups (broad SMARTS) is 1. The first kappa shape index (κ1) is 20.7. The molecular formula is C16H35NO2. The number of unbranched alkanes of at least 4 members (excludes halogenated alkanes) is 7. The van der Waals surface area contributed by atoms with Crippen LogP contribution >= 0.6 is 0 Å². The zero-order valence-corrected chi connectivity index (χ0v) is 13.8. The Hall–Kier alpha value is -0.570. The van der Waals surface area contributed by atoms with Gasteiger partial charge in [-0.15, -0.1) is 0 Å². The lowest BCUT2D eigenvalue weighted by Gasteiger charge is -2.16. The molecule has 1 unspecified atom stereocenters. The summed E-state index contributed by atoms with van der Waals surface area (Å²) >= 11 is 0.